The van der Waals surface area contributed by atoms with Crippen molar-refractivity contribution in [1.29, 1.82) is 0 Å². The van der Waals surface area contributed by atoms with E-state index in [1.165, 1.54) is 51.0 Å². The molecule has 0 saturated carbocycles. The minimum Gasteiger partial charge on any atom is -0.492 e. The Morgan fingerprint density at radius 1 is 1.05 bits per heavy atom. The molecule has 0 aliphatic carbocycles. The van der Waals surface area contributed by atoms with Gasteiger partial charge in [0.05, 0.1) is 0 Å². The summed E-state index contributed by atoms with van der Waals surface area (Å²) in [7, 11) is 0. The van der Waals surface area contributed by atoms with Crippen LogP contribution in [0, 0.1) is 5.92 Å². The molecule has 2 aliphatic rings. The molecule has 0 amide bonds. The lowest BCUT2D eigenvalue weighted by atomic mass is 10.0. The number of hydrogen-bond acceptors (Lipinski definition) is 3. The van der Waals surface area contributed by atoms with Gasteiger partial charge in [0.2, 0.25) is 0 Å². The van der Waals surface area contributed by atoms with Gasteiger partial charge >= 0.3 is 0 Å². The maximum absolute atomic E-state index is 5.89. The van der Waals surface area contributed by atoms with Crippen molar-refractivity contribution in [2.75, 3.05) is 39.3 Å². The molecule has 3 rings (SSSR count). The second kappa shape index (κ2) is 7.28. The zero-order chi connectivity index (χ0) is 14.5. The van der Waals surface area contributed by atoms with Crippen molar-refractivity contribution in [3.05, 3.63) is 29.8 Å². The van der Waals surface area contributed by atoms with Gasteiger partial charge in [-0.05, 0) is 62.5 Å². The highest BCUT2D eigenvalue weighted by Gasteiger charge is 2.16. The van der Waals surface area contributed by atoms with Gasteiger partial charge in [0.1, 0.15) is 12.4 Å². The largest absolute Gasteiger partial charge is 0.492 e. The van der Waals surface area contributed by atoms with E-state index in [0.717, 1.165) is 31.4 Å². The fourth-order valence-electron chi connectivity index (χ4n) is 3.27. The first-order valence-corrected chi connectivity index (χ1v) is 8.46. The van der Waals surface area contributed by atoms with E-state index in [1.54, 1.807) is 0 Å². The van der Waals surface area contributed by atoms with Crippen LogP contribution in [-0.4, -0.2) is 49.1 Å². The number of piperidine rings is 1. The topological polar surface area (TPSA) is 15.7 Å². The molecule has 2 fully saturated rings. The first-order chi connectivity index (χ1) is 10.3. The number of rotatable bonds is 6. The van der Waals surface area contributed by atoms with Crippen LogP contribution in [-0.2, 0) is 6.54 Å². The van der Waals surface area contributed by atoms with Gasteiger partial charge in [-0.15, -0.1) is 0 Å². The molecule has 1 aromatic carbocycles. The van der Waals surface area contributed by atoms with Crippen molar-refractivity contribution >= 4 is 0 Å². The van der Waals surface area contributed by atoms with Crippen molar-refractivity contribution in [1.82, 2.24) is 9.80 Å². The summed E-state index contributed by atoms with van der Waals surface area (Å²) in [6.45, 7) is 10.3. The quantitative estimate of drug-likeness (QED) is 0.800. The predicted molar refractivity (Wildman–Crippen MR) is 86.7 cm³/mol. The summed E-state index contributed by atoms with van der Waals surface area (Å²) < 4.78 is 5.89. The Morgan fingerprint density at radius 2 is 1.81 bits per heavy atom. The molecule has 2 aliphatic heterocycles. The smallest absolute Gasteiger partial charge is 0.119 e. The van der Waals surface area contributed by atoms with Crippen molar-refractivity contribution in [2.24, 2.45) is 5.92 Å². The van der Waals surface area contributed by atoms with Crippen LogP contribution < -0.4 is 4.74 Å². The maximum Gasteiger partial charge on any atom is 0.119 e. The third-order valence-electron chi connectivity index (χ3n) is 4.70. The van der Waals surface area contributed by atoms with Crippen molar-refractivity contribution < 1.29 is 4.74 Å². The van der Waals surface area contributed by atoms with Gasteiger partial charge in [-0.25, -0.2) is 0 Å². The number of benzene rings is 1. The lowest BCUT2D eigenvalue weighted by Crippen LogP contribution is -2.37. The monoisotopic (exact) mass is 288 g/mol. The van der Waals surface area contributed by atoms with Gasteiger partial charge < -0.3 is 4.74 Å². The lowest BCUT2D eigenvalue weighted by molar-refractivity contribution is 0.153. The Bertz CT molecular complexity index is 427. The molecular formula is C18H28N2O. The second-order valence-corrected chi connectivity index (χ2v) is 6.67. The van der Waals surface area contributed by atoms with Gasteiger partial charge in [0.25, 0.3) is 0 Å². The van der Waals surface area contributed by atoms with E-state index in [1.807, 2.05) is 0 Å². The lowest BCUT2D eigenvalue weighted by Gasteiger charge is -2.31. The Balaban J connectivity index is 1.38. The zero-order valence-corrected chi connectivity index (χ0v) is 13.3. The van der Waals surface area contributed by atoms with E-state index >= 15 is 0 Å². The molecule has 3 heteroatoms. The summed E-state index contributed by atoms with van der Waals surface area (Å²) in [6.07, 6.45) is 4.08. The summed E-state index contributed by atoms with van der Waals surface area (Å²) in [6, 6.07) is 8.65. The standard InChI is InChI=1S/C18H28N2O/c1-16-4-2-9-20(14-16)12-13-21-18-7-5-17(6-8-18)15-19-10-3-11-19/h5-8,16H,2-4,9-15H2,1H3/t16-/m1/s1. The molecule has 0 N–H and O–H groups in total. The second-order valence-electron chi connectivity index (χ2n) is 6.67. The Labute approximate surface area is 128 Å². The Kier molecular flexibility index (Phi) is 5.15. The van der Waals surface area contributed by atoms with Crippen molar-refractivity contribution in [3.8, 4) is 5.75 Å². The van der Waals surface area contributed by atoms with Crippen LogP contribution in [0.15, 0.2) is 24.3 Å². The first-order valence-electron chi connectivity index (χ1n) is 8.46. The van der Waals surface area contributed by atoms with Crippen LogP contribution >= 0.6 is 0 Å². The highest BCUT2D eigenvalue weighted by molar-refractivity contribution is 5.27. The highest BCUT2D eigenvalue weighted by atomic mass is 16.5. The molecule has 2 heterocycles. The summed E-state index contributed by atoms with van der Waals surface area (Å²) >= 11 is 0. The van der Waals surface area contributed by atoms with Gasteiger partial charge in [-0.3, -0.25) is 9.80 Å². The summed E-state index contributed by atoms with van der Waals surface area (Å²) in [4.78, 5) is 5.01. The van der Waals surface area contributed by atoms with E-state index in [-0.39, 0.29) is 0 Å². The Hall–Kier alpha value is -1.06. The zero-order valence-electron chi connectivity index (χ0n) is 13.3. The number of ether oxygens (including phenoxy) is 1. The molecule has 0 aromatic heterocycles. The van der Waals surface area contributed by atoms with Crippen LogP contribution in [0.2, 0.25) is 0 Å². The van der Waals surface area contributed by atoms with Crippen LogP contribution in [0.1, 0.15) is 31.7 Å². The van der Waals surface area contributed by atoms with Gasteiger partial charge in [0, 0.05) is 19.6 Å². The maximum atomic E-state index is 5.89. The molecule has 116 valence electrons. The van der Waals surface area contributed by atoms with Crippen LogP contribution in [0.4, 0.5) is 0 Å². The predicted octanol–water partition coefficient (Wildman–Crippen LogP) is 3.00. The van der Waals surface area contributed by atoms with Crippen LogP contribution in [0.3, 0.4) is 0 Å². The Morgan fingerprint density at radius 3 is 2.48 bits per heavy atom. The normalized spacial score (nSPS) is 23.8. The molecule has 1 aromatic rings. The average molecular weight is 288 g/mol. The first kappa shape index (κ1) is 14.9. The number of hydrogen-bond donors (Lipinski definition) is 0. The average Bonchev–Trinajstić information content (AvgIpc) is 2.45. The number of nitrogens with zero attached hydrogens (tertiary/aromatic N) is 2. The van der Waals surface area contributed by atoms with E-state index in [2.05, 4.69) is 41.0 Å². The van der Waals surface area contributed by atoms with E-state index < -0.39 is 0 Å². The van der Waals surface area contributed by atoms with E-state index in [9.17, 15) is 0 Å². The van der Waals surface area contributed by atoms with Crippen LogP contribution in [0.25, 0.3) is 0 Å². The van der Waals surface area contributed by atoms with Crippen molar-refractivity contribution in [3.63, 3.8) is 0 Å². The summed E-state index contributed by atoms with van der Waals surface area (Å²) in [5.41, 5.74) is 1.40. The van der Waals surface area contributed by atoms with Gasteiger partial charge in [-0.1, -0.05) is 19.1 Å². The van der Waals surface area contributed by atoms with E-state index in [0.29, 0.717) is 0 Å². The fraction of sp³-hybridized carbons (Fsp3) is 0.667. The third-order valence-corrected chi connectivity index (χ3v) is 4.70. The molecule has 0 radical (unpaired) electrons. The SMILES string of the molecule is C[C@@H]1CCCN(CCOc2ccc(CN3CCC3)cc2)C1. The minimum atomic E-state index is 0.804. The molecule has 0 unspecified atom stereocenters. The number of likely N-dealkylation sites (tertiary alicyclic amines) is 2. The highest BCUT2D eigenvalue weighted by Crippen LogP contribution is 2.17. The van der Waals surface area contributed by atoms with E-state index in [4.69, 9.17) is 4.74 Å². The summed E-state index contributed by atoms with van der Waals surface area (Å²) in [5, 5.41) is 0. The molecule has 21 heavy (non-hydrogen) atoms. The molecule has 0 spiro atoms. The molecule has 0 bridgehead atoms. The van der Waals surface area contributed by atoms with Gasteiger partial charge in [0.15, 0.2) is 0 Å². The van der Waals surface area contributed by atoms with Crippen molar-refractivity contribution in [2.45, 2.75) is 32.7 Å². The minimum absolute atomic E-state index is 0.804. The van der Waals surface area contributed by atoms with Gasteiger partial charge in [-0.2, -0.15) is 0 Å². The fourth-order valence-corrected chi connectivity index (χ4v) is 3.27. The molecule has 1 atom stereocenters. The molecular weight excluding hydrogens is 260 g/mol. The third kappa shape index (κ3) is 4.45. The molecule has 2 saturated heterocycles. The summed E-state index contributed by atoms with van der Waals surface area (Å²) in [5.74, 6) is 1.85. The van der Waals surface area contributed by atoms with Crippen LogP contribution in [0.5, 0.6) is 5.75 Å². The molecule has 3 nitrogen and oxygen atoms in total.